The second-order valence-electron chi connectivity index (χ2n) is 5.79. The van der Waals surface area contributed by atoms with Crippen LogP contribution in [0.4, 0.5) is 17.3 Å². The highest BCUT2D eigenvalue weighted by molar-refractivity contribution is 6.05. The standard InChI is InChI=1S/C20H17N5O/c1-13-11-14(2)23-20(22-13)24-17-9-7-15(8-10-17)19(26)25-18-6-4-3-5-16(18)12-21/h3-11H,1-2H3,(H,25,26)(H,22,23,24). The van der Waals surface area contributed by atoms with Crippen molar-refractivity contribution in [3.05, 3.63) is 77.1 Å². The molecule has 0 aliphatic heterocycles. The Labute approximate surface area is 151 Å². The number of nitriles is 1. The lowest BCUT2D eigenvalue weighted by Crippen LogP contribution is -2.12. The first-order valence-corrected chi connectivity index (χ1v) is 8.05. The summed E-state index contributed by atoms with van der Waals surface area (Å²) in [5.74, 6) is 0.240. The molecule has 0 aliphatic carbocycles. The third-order valence-electron chi connectivity index (χ3n) is 3.68. The van der Waals surface area contributed by atoms with E-state index in [1.165, 1.54) is 0 Å². The van der Waals surface area contributed by atoms with Crippen molar-refractivity contribution in [3.8, 4) is 6.07 Å². The highest BCUT2D eigenvalue weighted by Gasteiger charge is 2.09. The van der Waals surface area contributed by atoms with Crippen molar-refractivity contribution in [2.75, 3.05) is 10.6 Å². The molecule has 3 rings (SSSR count). The van der Waals surface area contributed by atoms with E-state index < -0.39 is 0 Å². The molecule has 1 heterocycles. The average molecular weight is 343 g/mol. The molecule has 0 saturated carbocycles. The number of anilines is 3. The van der Waals surface area contributed by atoms with E-state index in [-0.39, 0.29) is 5.91 Å². The minimum atomic E-state index is -0.276. The van der Waals surface area contributed by atoms with Crippen LogP contribution in [0.1, 0.15) is 27.3 Å². The molecule has 2 aromatic carbocycles. The summed E-state index contributed by atoms with van der Waals surface area (Å²) in [6, 6.07) is 17.8. The molecule has 0 radical (unpaired) electrons. The summed E-state index contributed by atoms with van der Waals surface area (Å²) in [7, 11) is 0. The number of hydrogen-bond donors (Lipinski definition) is 2. The third kappa shape index (κ3) is 4.02. The average Bonchev–Trinajstić information content (AvgIpc) is 2.62. The molecule has 0 spiro atoms. The van der Waals surface area contributed by atoms with Gasteiger partial charge in [0.25, 0.3) is 5.91 Å². The maximum atomic E-state index is 12.4. The van der Waals surface area contributed by atoms with Gasteiger partial charge < -0.3 is 10.6 Å². The smallest absolute Gasteiger partial charge is 0.255 e. The van der Waals surface area contributed by atoms with E-state index in [1.54, 1.807) is 48.5 Å². The van der Waals surface area contributed by atoms with Gasteiger partial charge in [0, 0.05) is 22.6 Å². The lowest BCUT2D eigenvalue weighted by Gasteiger charge is -2.09. The van der Waals surface area contributed by atoms with Crippen molar-refractivity contribution in [1.82, 2.24) is 9.97 Å². The van der Waals surface area contributed by atoms with Crippen molar-refractivity contribution >= 4 is 23.2 Å². The normalized spacial score (nSPS) is 10.0. The van der Waals surface area contributed by atoms with E-state index >= 15 is 0 Å². The Morgan fingerprint density at radius 1 is 1.00 bits per heavy atom. The largest absolute Gasteiger partial charge is 0.324 e. The van der Waals surface area contributed by atoms with Gasteiger partial charge in [0.05, 0.1) is 11.3 Å². The SMILES string of the molecule is Cc1cc(C)nc(Nc2ccc(C(=O)Nc3ccccc3C#N)cc2)n1. The number of aryl methyl sites for hydroxylation is 2. The summed E-state index contributed by atoms with van der Waals surface area (Å²) in [5.41, 5.74) is 3.95. The zero-order valence-corrected chi connectivity index (χ0v) is 14.4. The Kier molecular flexibility index (Phi) is 4.90. The molecule has 1 amide bonds. The Bertz CT molecular complexity index is 970. The molecule has 128 valence electrons. The van der Waals surface area contributed by atoms with E-state index in [0.717, 1.165) is 17.1 Å². The van der Waals surface area contributed by atoms with Crippen molar-refractivity contribution in [2.45, 2.75) is 13.8 Å². The van der Waals surface area contributed by atoms with E-state index in [1.807, 2.05) is 19.9 Å². The second-order valence-corrected chi connectivity index (χ2v) is 5.79. The first kappa shape index (κ1) is 17.1. The fraction of sp³-hybridized carbons (Fsp3) is 0.100. The molecule has 1 aromatic heterocycles. The number of nitrogens with one attached hydrogen (secondary N) is 2. The summed E-state index contributed by atoms with van der Waals surface area (Å²) < 4.78 is 0. The molecule has 6 heteroatoms. The maximum Gasteiger partial charge on any atom is 0.255 e. The van der Waals surface area contributed by atoms with Crippen LogP contribution < -0.4 is 10.6 Å². The summed E-state index contributed by atoms with van der Waals surface area (Å²) in [4.78, 5) is 21.0. The maximum absolute atomic E-state index is 12.4. The van der Waals surface area contributed by atoms with Gasteiger partial charge in [-0.05, 0) is 56.3 Å². The topological polar surface area (TPSA) is 90.7 Å². The fourth-order valence-electron chi connectivity index (χ4n) is 2.50. The highest BCUT2D eigenvalue weighted by Crippen LogP contribution is 2.18. The number of benzene rings is 2. The number of carbonyl (C=O) groups excluding carboxylic acids is 1. The third-order valence-corrected chi connectivity index (χ3v) is 3.68. The minimum Gasteiger partial charge on any atom is -0.324 e. The van der Waals surface area contributed by atoms with Gasteiger partial charge in [-0.15, -0.1) is 0 Å². The van der Waals surface area contributed by atoms with Crippen LogP contribution >= 0.6 is 0 Å². The number of hydrogen-bond acceptors (Lipinski definition) is 5. The lowest BCUT2D eigenvalue weighted by atomic mass is 10.1. The van der Waals surface area contributed by atoms with Crippen molar-refractivity contribution in [1.29, 1.82) is 5.26 Å². The summed E-state index contributed by atoms with van der Waals surface area (Å²) in [6.07, 6.45) is 0. The van der Waals surface area contributed by atoms with Gasteiger partial charge in [-0.1, -0.05) is 12.1 Å². The van der Waals surface area contributed by atoms with Gasteiger partial charge in [-0.2, -0.15) is 5.26 Å². The molecular formula is C20H17N5O. The predicted octanol–water partition coefficient (Wildman–Crippen LogP) is 3.96. The summed E-state index contributed by atoms with van der Waals surface area (Å²) in [6.45, 7) is 3.82. The molecule has 6 nitrogen and oxygen atoms in total. The van der Waals surface area contributed by atoms with Crippen molar-refractivity contribution < 1.29 is 4.79 Å². The van der Waals surface area contributed by atoms with Crippen LogP contribution in [0.2, 0.25) is 0 Å². The number of rotatable bonds is 4. The number of nitrogens with zero attached hydrogens (tertiary/aromatic N) is 3. The predicted molar refractivity (Wildman–Crippen MR) is 100 cm³/mol. The van der Waals surface area contributed by atoms with Gasteiger partial charge in [-0.25, -0.2) is 9.97 Å². The van der Waals surface area contributed by atoms with Gasteiger partial charge >= 0.3 is 0 Å². The van der Waals surface area contributed by atoms with Crippen LogP contribution in [-0.2, 0) is 0 Å². The number of carbonyl (C=O) groups is 1. The first-order chi connectivity index (χ1) is 12.5. The Hall–Kier alpha value is -3.72. The second kappa shape index (κ2) is 7.45. The molecule has 0 fully saturated rings. The molecule has 2 N–H and O–H groups in total. The monoisotopic (exact) mass is 343 g/mol. The molecular weight excluding hydrogens is 326 g/mol. The Morgan fingerprint density at radius 3 is 2.31 bits per heavy atom. The lowest BCUT2D eigenvalue weighted by molar-refractivity contribution is 0.102. The first-order valence-electron chi connectivity index (χ1n) is 8.05. The number of aromatic nitrogens is 2. The molecule has 0 bridgehead atoms. The zero-order valence-electron chi connectivity index (χ0n) is 14.4. The molecule has 3 aromatic rings. The van der Waals surface area contributed by atoms with Gasteiger partial charge in [0.2, 0.25) is 5.95 Å². The Balaban J connectivity index is 1.73. The number of amides is 1. The van der Waals surface area contributed by atoms with Gasteiger partial charge in [-0.3, -0.25) is 4.79 Å². The van der Waals surface area contributed by atoms with Crippen LogP contribution in [0.3, 0.4) is 0 Å². The van der Waals surface area contributed by atoms with Crippen LogP contribution in [0.5, 0.6) is 0 Å². The minimum absolute atomic E-state index is 0.276. The quantitative estimate of drug-likeness (QED) is 0.748. The van der Waals surface area contributed by atoms with E-state index in [0.29, 0.717) is 22.8 Å². The molecule has 26 heavy (non-hydrogen) atoms. The van der Waals surface area contributed by atoms with E-state index in [9.17, 15) is 4.79 Å². The molecule has 0 unspecified atom stereocenters. The molecule has 0 atom stereocenters. The van der Waals surface area contributed by atoms with Crippen LogP contribution in [0.25, 0.3) is 0 Å². The summed E-state index contributed by atoms with van der Waals surface area (Å²) >= 11 is 0. The van der Waals surface area contributed by atoms with Crippen LogP contribution in [-0.4, -0.2) is 15.9 Å². The van der Waals surface area contributed by atoms with Crippen molar-refractivity contribution in [3.63, 3.8) is 0 Å². The molecule has 0 aliphatic rings. The van der Waals surface area contributed by atoms with E-state index in [4.69, 9.17) is 5.26 Å². The zero-order chi connectivity index (χ0) is 18.5. The highest BCUT2D eigenvalue weighted by atomic mass is 16.1. The van der Waals surface area contributed by atoms with Gasteiger partial charge in [0.1, 0.15) is 6.07 Å². The molecule has 0 saturated heterocycles. The fourth-order valence-corrected chi connectivity index (χ4v) is 2.50. The summed E-state index contributed by atoms with van der Waals surface area (Å²) in [5, 5.41) is 15.0. The Morgan fingerprint density at radius 2 is 1.65 bits per heavy atom. The van der Waals surface area contributed by atoms with Crippen LogP contribution in [0.15, 0.2) is 54.6 Å². The van der Waals surface area contributed by atoms with E-state index in [2.05, 4.69) is 26.7 Å². The van der Waals surface area contributed by atoms with Crippen LogP contribution in [0, 0.1) is 25.2 Å². The number of para-hydroxylation sites is 1. The van der Waals surface area contributed by atoms with Gasteiger partial charge in [0.15, 0.2) is 0 Å². The van der Waals surface area contributed by atoms with Crippen molar-refractivity contribution in [2.24, 2.45) is 0 Å².